The van der Waals surface area contributed by atoms with Gasteiger partial charge in [0.15, 0.2) is 11.5 Å². The minimum absolute atomic E-state index is 0.599. The zero-order valence-corrected chi connectivity index (χ0v) is 13.8. The van der Waals surface area contributed by atoms with E-state index in [1.165, 1.54) is 11.4 Å². The first kappa shape index (κ1) is 15.3. The second kappa shape index (κ2) is 7.13. The molecule has 0 spiro atoms. The molecule has 24 heavy (non-hydrogen) atoms. The highest BCUT2D eigenvalue weighted by Gasteiger charge is 2.20. The highest BCUT2D eigenvalue weighted by atomic mass is 16.6. The lowest BCUT2D eigenvalue weighted by Crippen LogP contribution is -2.43. The van der Waals surface area contributed by atoms with E-state index in [4.69, 9.17) is 9.47 Å². The number of hydrogen-bond donors (Lipinski definition) is 2. The van der Waals surface area contributed by atoms with E-state index in [0.717, 1.165) is 50.4 Å². The van der Waals surface area contributed by atoms with E-state index in [-0.39, 0.29) is 0 Å². The van der Waals surface area contributed by atoms with Crippen molar-refractivity contribution in [2.45, 2.75) is 25.3 Å². The van der Waals surface area contributed by atoms with Crippen molar-refractivity contribution >= 4 is 5.69 Å². The van der Waals surface area contributed by atoms with Crippen LogP contribution in [-0.4, -0.2) is 48.9 Å². The minimum atomic E-state index is 0.599. The van der Waals surface area contributed by atoms with E-state index in [9.17, 15) is 0 Å². The third-order valence-electron chi connectivity index (χ3n) is 4.77. The number of aromatic amines is 1. The number of hydrogen-bond acceptors (Lipinski definition) is 5. The molecule has 0 amide bonds. The summed E-state index contributed by atoms with van der Waals surface area (Å²) in [6.07, 6.45) is 6.96. The molecular weight excluding hydrogens is 304 g/mol. The number of ether oxygens (including phenoxy) is 2. The molecule has 4 rings (SSSR count). The monoisotopic (exact) mass is 328 g/mol. The maximum absolute atomic E-state index is 5.69. The van der Waals surface area contributed by atoms with E-state index in [1.54, 1.807) is 6.33 Å². The summed E-state index contributed by atoms with van der Waals surface area (Å²) in [5.41, 5.74) is 2.42. The van der Waals surface area contributed by atoms with Gasteiger partial charge in [-0.15, -0.1) is 0 Å². The molecule has 6 nitrogen and oxygen atoms in total. The lowest BCUT2D eigenvalue weighted by molar-refractivity contribution is 0.171. The Morgan fingerprint density at radius 3 is 2.79 bits per heavy atom. The fraction of sp³-hybridized carbons (Fsp3) is 0.500. The highest BCUT2D eigenvalue weighted by Crippen LogP contribution is 2.34. The number of aromatic nitrogens is 2. The van der Waals surface area contributed by atoms with Crippen molar-refractivity contribution in [3.8, 4) is 11.5 Å². The van der Waals surface area contributed by atoms with Crippen LogP contribution in [0.2, 0.25) is 0 Å². The number of benzene rings is 1. The molecule has 0 bridgehead atoms. The summed E-state index contributed by atoms with van der Waals surface area (Å²) in [6.45, 7) is 4.42. The molecule has 1 aromatic heterocycles. The van der Waals surface area contributed by atoms with Gasteiger partial charge in [-0.25, -0.2) is 4.98 Å². The molecule has 1 aromatic carbocycles. The third kappa shape index (κ3) is 3.48. The summed E-state index contributed by atoms with van der Waals surface area (Å²) < 4.78 is 11.3. The molecule has 2 aliphatic heterocycles. The molecule has 0 unspecified atom stereocenters. The van der Waals surface area contributed by atoms with Crippen LogP contribution < -0.4 is 19.7 Å². The van der Waals surface area contributed by atoms with Crippen molar-refractivity contribution in [2.75, 3.05) is 37.7 Å². The van der Waals surface area contributed by atoms with Gasteiger partial charge in [-0.3, -0.25) is 0 Å². The molecule has 0 aliphatic carbocycles. The lowest BCUT2D eigenvalue weighted by Gasteiger charge is -2.34. The molecule has 128 valence electrons. The van der Waals surface area contributed by atoms with Gasteiger partial charge >= 0.3 is 0 Å². The van der Waals surface area contributed by atoms with Crippen LogP contribution in [0.1, 0.15) is 18.5 Å². The molecule has 2 aromatic rings. The average molecular weight is 328 g/mol. The van der Waals surface area contributed by atoms with Gasteiger partial charge < -0.3 is 24.7 Å². The van der Waals surface area contributed by atoms with Crippen LogP contribution in [0.15, 0.2) is 30.7 Å². The van der Waals surface area contributed by atoms with Crippen molar-refractivity contribution in [1.29, 1.82) is 0 Å². The molecular formula is C18H24N4O2. The van der Waals surface area contributed by atoms with Gasteiger partial charge in [-0.2, -0.15) is 0 Å². The predicted octanol–water partition coefficient (Wildman–Crippen LogP) is 1.98. The van der Waals surface area contributed by atoms with Gasteiger partial charge in [0.1, 0.15) is 13.2 Å². The summed E-state index contributed by atoms with van der Waals surface area (Å²) in [5, 5.41) is 3.66. The molecule has 6 heteroatoms. The van der Waals surface area contributed by atoms with E-state index in [0.29, 0.717) is 19.3 Å². The zero-order valence-electron chi connectivity index (χ0n) is 13.8. The molecule has 0 radical (unpaired) electrons. The van der Waals surface area contributed by atoms with Crippen LogP contribution in [0.3, 0.4) is 0 Å². The highest BCUT2D eigenvalue weighted by molar-refractivity contribution is 5.57. The predicted molar refractivity (Wildman–Crippen MR) is 93.0 cm³/mol. The van der Waals surface area contributed by atoms with Crippen molar-refractivity contribution in [3.05, 3.63) is 36.4 Å². The topological polar surface area (TPSA) is 62.4 Å². The number of imidazole rings is 1. The molecule has 1 saturated heterocycles. The Morgan fingerprint density at radius 1 is 1.17 bits per heavy atom. The van der Waals surface area contributed by atoms with E-state index in [1.807, 2.05) is 12.3 Å². The first-order valence-corrected chi connectivity index (χ1v) is 8.74. The quantitative estimate of drug-likeness (QED) is 0.879. The van der Waals surface area contributed by atoms with Crippen LogP contribution in [0.25, 0.3) is 0 Å². The van der Waals surface area contributed by atoms with Gasteiger partial charge in [0, 0.05) is 55.7 Å². The number of fused-ring (bicyclic) bond motifs is 1. The number of nitrogens with zero attached hydrogens (tertiary/aromatic N) is 2. The number of rotatable bonds is 5. The number of H-pyrrole nitrogens is 1. The minimum Gasteiger partial charge on any atom is -0.486 e. The molecule has 0 atom stereocenters. The van der Waals surface area contributed by atoms with Crippen LogP contribution >= 0.6 is 0 Å². The molecule has 2 aliphatic rings. The van der Waals surface area contributed by atoms with Crippen LogP contribution in [0, 0.1) is 0 Å². The van der Waals surface area contributed by atoms with Gasteiger partial charge in [0.25, 0.3) is 0 Å². The maximum Gasteiger partial charge on any atom is 0.163 e. The standard InChI is InChI=1S/C18H24N4O2/c1-2-17-18(24-10-9-23-17)11-16(1)22-7-4-14(5-8-22)20-6-3-15-12-19-13-21-15/h1-2,11-14,20H,3-10H2,(H,19,21). The molecule has 3 heterocycles. The van der Waals surface area contributed by atoms with Crippen LogP contribution in [0.5, 0.6) is 11.5 Å². The average Bonchev–Trinajstić information content (AvgIpc) is 3.15. The van der Waals surface area contributed by atoms with Crippen LogP contribution in [-0.2, 0) is 6.42 Å². The SMILES string of the molecule is c1ncc(CCNC2CCN(c3ccc4c(c3)OCCO4)CC2)[nH]1. The Bertz CT molecular complexity index is 651. The Hall–Kier alpha value is -2.21. The first-order valence-electron chi connectivity index (χ1n) is 8.74. The van der Waals surface area contributed by atoms with Crippen LogP contribution in [0.4, 0.5) is 5.69 Å². The normalized spacial score (nSPS) is 17.9. The lowest BCUT2D eigenvalue weighted by atomic mass is 10.0. The van der Waals surface area contributed by atoms with Crippen molar-refractivity contribution in [1.82, 2.24) is 15.3 Å². The Kier molecular flexibility index (Phi) is 4.55. The summed E-state index contributed by atoms with van der Waals surface area (Å²) in [6, 6.07) is 6.87. The third-order valence-corrected chi connectivity index (χ3v) is 4.77. The Morgan fingerprint density at radius 2 is 2.00 bits per heavy atom. The van der Waals surface area contributed by atoms with Crippen molar-refractivity contribution < 1.29 is 9.47 Å². The van der Waals surface area contributed by atoms with E-state index in [2.05, 4.69) is 32.3 Å². The summed E-state index contributed by atoms with van der Waals surface area (Å²) >= 11 is 0. The number of piperidine rings is 1. The van der Waals surface area contributed by atoms with Crippen molar-refractivity contribution in [2.24, 2.45) is 0 Å². The summed E-state index contributed by atoms with van der Waals surface area (Å²) in [5.74, 6) is 1.74. The van der Waals surface area contributed by atoms with Gasteiger partial charge in [-0.1, -0.05) is 0 Å². The smallest absolute Gasteiger partial charge is 0.163 e. The maximum atomic E-state index is 5.69. The van der Waals surface area contributed by atoms with Crippen molar-refractivity contribution in [3.63, 3.8) is 0 Å². The van der Waals surface area contributed by atoms with Gasteiger partial charge in [0.2, 0.25) is 0 Å². The first-order chi connectivity index (χ1) is 11.9. The van der Waals surface area contributed by atoms with E-state index >= 15 is 0 Å². The number of nitrogens with one attached hydrogen (secondary N) is 2. The largest absolute Gasteiger partial charge is 0.486 e. The molecule has 1 fully saturated rings. The Labute approximate surface area is 142 Å². The number of anilines is 1. The summed E-state index contributed by atoms with van der Waals surface area (Å²) in [4.78, 5) is 9.64. The second-order valence-electron chi connectivity index (χ2n) is 6.37. The van der Waals surface area contributed by atoms with Gasteiger partial charge in [-0.05, 0) is 25.0 Å². The second-order valence-corrected chi connectivity index (χ2v) is 6.37. The Balaban J connectivity index is 1.26. The molecule has 0 saturated carbocycles. The fourth-order valence-electron chi connectivity index (χ4n) is 3.40. The molecule has 2 N–H and O–H groups in total. The van der Waals surface area contributed by atoms with E-state index < -0.39 is 0 Å². The fourth-order valence-corrected chi connectivity index (χ4v) is 3.40. The summed E-state index contributed by atoms with van der Waals surface area (Å²) in [7, 11) is 0. The van der Waals surface area contributed by atoms with Gasteiger partial charge in [0.05, 0.1) is 6.33 Å². The zero-order chi connectivity index (χ0) is 16.2.